The fourth-order valence-electron chi connectivity index (χ4n) is 1.58. The average molecular weight is 329 g/mol. The molecule has 0 aliphatic rings. The van der Waals surface area contributed by atoms with Gasteiger partial charge in [0.2, 0.25) is 0 Å². The normalized spacial score (nSPS) is 10.4. The van der Waals surface area contributed by atoms with Crippen LogP contribution in [0.2, 0.25) is 10.0 Å². The van der Waals surface area contributed by atoms with Crippen LogP contribution in [-0.4, -0.2) is 32.0 Å². The topological polar surface area (TPSA) is 97.1 Å². The van der Waals surface area contributed by atoms with Crippen molar-refractivity contribution in [2.24, 2.45) is 0 Å². The number of hydrogen-bond acceptors (Lipinski definition) is 4. The number of aromatic nitrogens is 3. The summed E-state index contributed by atoms with van der Waals surface area (Å²) >= 11 is 11.7. The van der Waals surface area contributed by atoms with E-state index >= 15 is 0 Å². The van der Waals surface area contributed by atoms with Gasteiger partial charge >= 0.3 is 5.97 Å². The molecule has 0 unspecified atom stereocenters. The number of rotatable bonds is 5. The zero-order chi connectivity index (χ0) is 15.4. The van der Waals surface area contributed by atoms with Crippen LogP contribution in [-0.2, 0) is 17.9 Å². The molecule has 21 heavy (non-hydrogen) atoms. The molecule has 0 saturated carbocycles. The molecule has 0 fully saturated rings. The van der Waals surface area contributed by atoms with Crippen LogP contribution in [0.15, 0.2) is 24.4 Å². The summed E-state index contributed by atoms with van der Waals surface area (Å²) in [5, 5.41) is 19.3. The number of benzene rings is 1. The van der Waals surface area contributed by atoms with Crippen molar-refractivity contribution in [3.05, 3.63) is 45.7 Å². The summed E-state index contributed by atoms with van der Waals surface area (Å²) < 4.78 is 1.17. The van der Waals surface area contributed by atoms with Crippen LogP contribution in [0, 0.1) is 0 Å². The average Bonchev–Trinajstić information content (AvgIpc) is 2.82. The molecule has 0 radical (unpaired) electrons. The van der Waals surface area contributed by atoms with Crippen LogP contribution in [0.4, 0.5) is 0 Å². The van der Waals surface area contributed by atoms with Crippen molar-refractivity contribution in [1.82, 2.24) is 20.3 Å². The van der Waals surface area contributed by atoms with Gasteiger partial charge in [-0.3, -0.25) is 9.59 Å². The minimum absolute atomic E-state index is 0.109. The number of carboxylic acids is 1. The summed E-state index contributed by atoms with van der Waals surface area (Å²) in [5.41, 5.74) is 0.730. The minimum atomic E-state index is -1.02. The Kier molecular flexibility index (Phi) is 4.77. The molecule has 110 valence electrons. The first-order valence-corrected chi connectivity index (χ1v) is 6.55. The lowest BCUT2D eigenvalue weighted by atomic mass is 10.2. The Morgan fingerprint density at radius 3 is 2.76 bits per heavy atom. The van der Waals surface area contributed by atoms with Gasteiger partial charge in [-0.1, -0.05) is 28.4 Å². The smallest absolute Gasteiger partial charge is 0.325 e. The maximum absolute atomic E-state index is 11.9. The van der Waals surface area contributed by atoms with Gasteiger partial charge in [0.05, 0.1) is 23.3 Å². The molecule has 0 atom stereocenters. The number of nitrogens with zero attached hydrogens (tertiary/aromatic N) is 3. The molecule has 1 aromatic carbocycles. The molecule has 0 saturated heterocycles. The van der Waals surface area contributed by atoms with Gasteiger partial charge in [0, 0.05) is 5.02 Å². The van der Waals surface area contributed by atoms with E-state index in [9.17, 15) is 9.59 Å². The van der Waals surface area contributed by atoms with E-state index in [4.69, 9.17) is 28.3 Å². The van der Waals surface area contributed by atoms with Crippen molar-refractivity contribution >= 4 is 35.1 Å². The lowest BCUT2D eigenvalue weighted by Gasteiger charge is -2.05. The number of aliphatic carboxylic acids is 1. The third-order valence-electron chi connectivity index (χ3n) is 2.49. The summed E-state index contributed by atoms with van der Waals surface area (Å²) in [7, 11) is 0. The molecule has 0 bridgehead atoms. The molecule has 0 spiro atoms. The van der Waals surface area contributed by atoms with Gasteiger partial charge in [0.25, 0.3) is 5.91 Å². The number of amides is 1. The van der Waals surface area contributed by atoms with E-state index < -0.39 is 5.97 Å². The number of nitrogens with one attached hydrogen (secondary N) is 1. The molecule has 0 aliphatic heterocycles. The van der Waals surface area contributed by atoms with Crippen molar-refractivity contribution in [1.29, 1.82) is 0 Å². The molecule has 0 aliphatic carbocycles. The van der Waals surface area contributed by atoms with Crippen LogP contribution in [0.5, 0.6) is 0 Å². The molecule has 1 aromatic heterocycles. The quantitative estimate of drug-likeness (QED) is 0.868. The van der Waals surface area contributed by atoms with Crippen molar-refractivity contribution in [2.45, 2.75) is 13.1 Å². The second-order valence-electron chi connectivity index (χ2n) is 4.11. The summed E-state index contributed by atoms with van der Waals surface area (Å²) in [4.78, 5) is 22.5. The molecule has 2 aromatic rings. The number of carbonyl (C=O) groups is 2. The zero-order valence-electron chi connectivity index (χ0n) is 10.6. The van der Waals surface area contributed by atoms with Crippen molar-refractivity contribution in [3.8, 4) is 0 Å². The highest BCUT2D eigenvalue weighted by Crippen LogP contribution is 2.20. The van der Waals surface area contributed by atoms with E-state index in [1.165, 1.54) is 23.0 Å². The van der Waals surface area contributed by atoms with Gasteiger partial charge < -0.3 is 10.4 Å². The molecule has 1 amide bonds. The second-order valence-corrected chi connectivity index (χ2v) is 4.95. The highest BCUT2D eigenvalue weighted by molar-refractivity contribution is 6.36. The summed E-state index contributed by atoms with van der Waals surface area (Å²) in [6.07, 6.45) is 1.44. The number of carboxylic acid groups (broad SMARTS) is 1. The summed E-state index contributed by atoms with van der Waals surface area (Å²) in [5.74, 6) is -1.41. The monoisotopic (exact) mass is 328 g/mol. The minimum Gasteiger partial charge on any atom is -0.480 e. The van der Waals surface area contributed by atoms with E-state index in [-0.39, 0.29) is 24.0 Å². The predicted octanol–water partition coefficient (Wildman–Crippen LogP) is 1.60. The highest BCUT2D eigenvalue weighted by atomic mass is 35.5. The van der Waals surface area contributed by atoms with Gasteiger partial charge in [0.15, 0.2) is 0 Å². The molecular weight excluding hydrogens is 319 g/mol. The first-order valence-electron chi connectivity index (χ1n) is 5.80. The van der Waals surface area contributed by atoms with Crippen molar-refractivity contribution < 1.29 is 14.7 Å². The fourth-order valence-corrected chi connectivity index (χ4v) is 2.07. The maximum Gasteiger partial charge on any atom is 0.325 e. The van der Waals surface area contributed by atoms with Crippen molar-refractivity contribution in [2.75, 3.05) is 0 Å². The fraction of sp³-hybridized carbons (Fsp3) is 0.167. The maximum atomic E-state index is 11.9. The van der Waals surface area contributed by atoms with Gasteiger partial charge in [-0.25, -0.2) is 4.68 Å². The number of hydrogen-bond donors (Lipinski definition) is 2. The Hall–Kier alpha value is -2.12. The van der Waals surface area contributed by atoms with Gasteiger partial charge in [-0.2, -0.15) is 0 Å². The van der Waals surface area contributed by atoms with Crippen molar-refractivity contribution in [3.63, 3.8) is 0 Å². The SMILES string of the molecule is O=C(O)Cn1cc(CNC(=O)c2ccc(Cl)cc2Cl)nn1. The van der Waals surface area contributed by atoms with E-state index in [2.05, 4.69) is 15.6 Å². The van der Waals surface area contributed by atoms with E-state index in [1.54, 1.807) is 6.07 Å². The van der Waals surface area contributed by atoms with E-state index in [1.807, 2.05) is 0 Å². The number of halogens is 2. The third kappa shape index (κ3) is 4.17. The molecule has 7 nitrogen and oxygen atoms in total. The second kappa shape index (κ2) is 6.55. The largest absolute Gasteiger partial charge is 0.480 e. The molecule has 2 rings (SSSR count). The Bertz CT molecular complexity index is 687. The lowest BCUT2D eigenvalue weighted by molar-refractivity contribution is -0.137. The van der Waals surface area contributed by atoms with Crippen LogP contribution < -0.4 is 5.32 Å². The molecule has 2 N–H and O–H groups in total. The lowest BCUT2D eigenvalue weighted by Crippen LogP contribution is -2.23. The highest BCUT2D eigenvalue weighted by Gasteiger charge is 2.11. The molecular formula is C12H10Cl2N4O3. The van der Waals surface area contributed by atoms with Crippen LogP contribution in [0.3, 0.4) is 0 Å². The summed E-state index contributed by atoms with van der Waals surface area (Å²) in [6, 6.07) is 4.55. The van der Waals surface area contributed by atoms with Crippen LogP contribution >= 0.6 is 23.2 Å². The Balaban J connectivity index is 1.97. The molecule has 9 heteroatoms. The van der Waals surface area contributed by atoms with Crippen LogP contribution in [0.1, 0.15) is 16.1 Å². The Morgan fingerprint density at radius 1 is 1.33 bits per heavy atom. The standard InChI is InChI=1S/C12H10Cl2N4O3/c13-7-1-2-9(10(14)3-7)12(21)15-4-8-5-18(17-16-8)6-11(19)20/h1-3,5H,4,6H2,(H,15,21)(H,19,20). The third-order valence-corrected chi connectivity index (χ3v) is 3.04. The predicted molar refractivity (Wildman–Crippen MR) is 75.3 cm³/mol. The van der Waals surface area contributed by atoms with E-state index in [0.29, 0.717) is 16.3 Å². The van der Waals surface area contributed by atoms with Gasteiger partial charge in [-0.05, 0) is 18.2 Å². The van der Waals surface area contributed by atoms with Crippen LogP contribution in [0.25, 0.3) is 0 Å². The van der Waals surface area contributed by atoms with Gasteiger partial charge in [-0.15, -0.1) is 5.10 Å². The summed E-state index contributed by atoms with van der Waals surface area (Å²) in [6.45, 7) is -0.179. The first-order chi connectivity index (χ1) is 9.95. The van der Waals surface area contributed by atoms with E-state index in [0.717, 1.165) is 0 Å². The van der Waals surface area contributed by atoms with Gasteiger partial charge in [0.1, 0.15) is 12.2 Å². The first kappa shape index (κ1) is 15.3. The number of carbonyl (C=O) groups excluding carboxylic acids is 1. The molecule has 1 heterocycles. The Morgan fingerprint density at radius 2 is 2.10 bits per heavy atom. The Labute approximate surface area is 129 Å². The zero-order valence-corrected chi connectivity index (χ0v) is 12.1.